The van der Waals surface area contributed by atoms with E-state index in [1.165, 1.54) is 19.3 Å². The Bertz CT molecular complexity index is 59.4. The maximum atomic E-state index is 3.67. The molecule has 0 N–H and O–H groups in total. The van der Waals surface area contributed by atoms with Gasteiger partial charge in [0.15, 0.2) is 0 Å². The van der Waals surface area contributed by atoms with Crippen LogP contribution in [0.25, 0.3) is 0 Å². The molecular weight excluding hydrogens is 164 g/mol. The lowest BCUT2D eigenvalue weighted by Gasteiger charge is -1.98. The van der Waals surface area contributed by atoms with E-state index in [1.54, 1.807) is 0 Å². The molecule has 0 heterocycles. The summed E-state index contributed by atoms with van der Waals surface area (Å²) in [6.07, 6.45) is 5.73. The van der Waals surface area contributed by atoms with Crippen molar-refractivity contribution in [2.45, 2.75) is 31.0 Å². The molecule has 0 aromatic carbocycles. The maximum absolute atomic E-state index is 3.67. The number of allylic oxidation sites excluding steroid dienone is 1. The zero-order valence-electron chi connectivity index (χ0n) is 5.36. The second-order valence-electron chi connectivity index (χ2n) is 1.89. The summed E-state index contributed by atoms with van der Waals surface area (Å²) in [6.45, 7) is 5.86. The van der Waals surface area contributed by atoms with Crippen LogP contribution in [-0.2, 0) is 0 Å². The zero-order valence-corrected chi connectivity index (χ0v) is 6.95. The van der Waals surface area contributed by atoms with Crippen LogP contribution in [0.5, 0.6) is 0 Å². The highest BCUT2D eigenvalue weighted by atomic mass is 79.9. The lowest BCUT2D eigenvalue weighted by atomic mass is 10.2. The summed E-state index contributed by atoms with van der Waals surface area (Å²) in [6, 6.07) is 0. The van der Waals surface area contributed by atoms with Crippen molar-refractivity contribution in [1.82, 2.24) is 0 Å². The monoisotopic (exact) mass is 176 g/mol. The quantitative estimate of drug-likeness (QED) is 0.457. The van der Waals surface area contributed by atoms with E-state index in [0.717, 1.165) is 0 Å². The van der Waals surface area contributed by atoms with Gasteiger partial charge in [0.1, 0.15) is 0 Å². The maximum Gasteiger partial charge on any atom is 0.0322 e. The van der Waals surface area contributed by atoms with Crippen molar-refractivity contribution in [3.8, 4) is 0 Å². The van der Waals surface area contributed by atoms with E-state index < -0.39 is 0 Å². The van der Waals surface area contributed by atoms with E-state index in [0.29, 0.717) is 4.83 Å². The van der Waals surface area contributed by atoms with Gasteiger partial charge >= 0.3 is 0 Å². The number of unbranched alkanes of at least 4 members (excludes halogenated alkanes) is 1. The predicted molar refractivity (Wildman–Crippen MR) is 42.4 cm³/mol. The smallest absolute Gasteiger partial charge is 0.0322 e. The van der Waals surface area contributed by atoms with E-state index >= 15 is 0 Å². The molecule has 0 aliphatic heterocycles. The lowest BCUT2D eigenvalue weighted by molar-refractivity contribution is 0.743. The van der Waals surface area contributed by atoms with Gasteiger partial charge in [-0.15, -0.1) is 6.58 Å². The first-order valence-corrected chi connectivity index (χ1v) is 3.99. The highest BCUT2D eigenvalue weighted by Gasteiger charge is 1.93. The molecule has 0 fully saturated rings. The molecule has 0 saturated carbocycles. The Labute approximate surface area is 60.1 Å². The van der Waals surface area contributed by atoms with Crippen molar-refractivity contribution in [1.29, 1.82) is 0 Å². The average Bonchev–Trinajstić information content (AvgIpc) is 1.83. The van der Waals surface area contributed by atoms with Gasteiger partial charge in [-0.2, -0.15) is 0 Å². The van der Waals surface area contributed by atoms with Crippen LogP contribution in [-0.4, -0.2) is 4.83 Å². The van der Waals surface area contributed by atoms with E-state index in [4.69, 9.17) is 0 Å². The van der Waals surface area contributed by atoms with Crippen molar-refractivity contribution < 1.29 is 0 Å². The Balaban J connectivity index is 2.98. The van der Waals surface area contributed by atoms with Crippen LogP contribution < -0.4 is 0 Å². The molecule has 0 radical (unpaired) electrons. The fourth-order valence-corrected chi connectivity index (χ4v) is 0.841. The van der Waals surface area contributed by atoms with Gasteiger partial charge in [0.2, 0.25) is 0 Å². The second kappa shape index (κ2) is 5.36. The van der Waals surface area contributed by atoms with Crippen LogP contribution in [0.1, 0.15) is 26.2 Å². The Hall–Kier alpha value is 0.220. The molecular formula is C7H13Br. The van der Waals surface area contributed by atoms with Gasteiger partial charge in [0.25, 0.3) is 0 Å². The zero-order chi connectivity index (χ0) is 6.41. The van der Waals surface area contributed by atoms with Crippen molar-refractivity contribution in [2.24, 2.45) is 0 Å². The Morgan fingerprint density at radius 2 is 2.38 bits per heavy atom. The molecule has 0 bridgehead atoms. The highest BCUT2D eigenvalue weighted by molar-refractivity contribution is 9.09. The second-order valence-corrected chi connectivity index (χ2v) is 3.07. The predicted octanol–water partition coefficient (Wildman–Crippen LogP) is 3.13. The summed E-state index contributed by atoms with van der Waals surface area (Å²) in [4.78, 5) is 0.530. The Kier molecular flexibility index (Phi) is 5.51. The van der Waals surface area contributed by atoms with Gasteiger partial charge in [0, 0.05) is 4.83 Å². The summed E-state index contributed by atoms with van der Waals surface area (Å²) in [7, 11) is 0. The molecule has 0 aliphatic rings. The third-order valence-electron chi connectivity index (χ3n) is 1.09. The van der Waals surface area contributed by atoms with E-state index in [-0.39, 0.29) is 0 Å². The van der Waals surface area contributed by atoms with Gasteiger partial charge in [-0.25, -0.2) is 0 Å². The minimum absolute atomic E-state index is 0.530. The van der Waals surface area contributed by atoms with Crippen molar-refractivity contribution in [2.75, 3.05) is 0 Å². The Morgan fingerprint density at radius 1 is 1.75 bits per heavy atom. The molecule has 0 aliphatic carbocycles. The first kappa shape index (κ1) is 8.22. The summed E-state index contributed by atoms with van der Waals surface area (Å²) in [5.74, 6) is 0. The molecule has 8 heavy (non-hydrogen) atoms. The molecule has 0 spiro atoms. The molecule has 48 valence electrons. The van der Waals surface area contributed by atoms with Crippen LogP contribution in [0.2, 0.25) is 0 Å². The van der Waals surface area contributed by atoms with Crippen LogP contribution in [0.3, 0.4) is 0 Å². The topological polar surface area (TPSA) is 0 Å². The van der Waals surface area contributed by atoms with Crippen molar-refractivity contribution >= 4 is 15.9 Å². The average molecular weight is 177 g/mol. The highest BCUT2D eigenvalue weighted by Crippen LogP contribution is 2.09. The summed E-state index contributed by atoms with van der Waals surface area (Å²) < 4.78 is 0. The van der Waals surface area contributed by atoms with Gasteiger partial charge in [-0.05, 0) is 6.42 Å². The lowest BCUT2D eigenvalue weighted by Crippen LogP contribution is -1.89. The van der Waals surface area contributed by atoms with Crippen LogP contribution in [0, 0.1) is 0 Å². The number of alkyl halides is 1. The van der Waals surface area contributed by atoms with Crippen LogP contribution >= 0.6 is 15.9 Å². The molecule has 0 rings (SSSR count). The number of halogens is 1. The van der Waals surface area contributed by atoms with E-state index in [2.05, 4.69) is 29.4 Å². The van der Waals surface area contributed by atoms with Gasteiger partial charge in [0.05, 0.1) is 0 Å². The SMILES string of the molecule is C=CC(Br)CCCC. The number of rotatable bonds is 4. The van der Waals surface area contributed by atoms with Gasteiger partial charge in [-0.1, -0.05) is 41.8 Å². The molecule has 1 unspecified atom stereocenters. The van der Waals surface area contributed by atoms with E-state index in [9.17, 15) is 0 Å². The van der Waals surface area contributed by atoms with Gasteiger partial charge in [-0.3, -0.25) is 0 Å². The third kappa shape index (κ3) is 4.38. The first-order chi connectivity index (χ1) is 3.81. The summed E-state index contributed by atoms with van der Waals surface area (Å²) >= 11 is 3.46. The van der Waals surface area contributed by atoms with Crippen LogP contribution in [0.4, 0.5) is 0 Å². The summed E-state index contributed by atoms with van der Waals surface area (Å²) in [5, 5.41) is 0. The van der Waals surface area contributed by atoms with E-state index in [1.807, 2.05) is 6.08 Å². The molecule has 0 amide bonds. The molecule has 0 saturated heterocycles. The molecule has 0 aromatic heterocycles. The minimum atomic E-state index is 0.530. The largest absolute Gasteiger partial charge is 0.102 e. The van der Waals surface area contributed by atoms with Crippen LogP contribution in [0.15, 0.2) is 12.7 Å². The summed E-state index contributed by atoms with van der Waals surface area (Å²) in [5.41, 5.74) is 0. The molecule has 1 heteroatoms. The third-order valence-corrected chi connectivity index (χ3v) is 1.92. The fraction of sp³-hybridized carbons (Fsp3) is 0.714. The van der Waals surface area contributed by atoms with Gasteiger partial charge < -0.3 is 0 Å². The Morgan fingerprint density at radius 3 is 2.75 bits per heavy atom. The normalized spacial score (nSPS) is 13.2. The molecule has 0 aromatic rings. The number of hydrogen-bond acceptors (Lipinski definition) is 0. The van der Waals surface area contributed by atoms with Crippen molar-refractivity contribution in [3.05, 3.63) is 12.7 Å². The minimum Gasteiger partial charge on any atom is -0.102 e. The van der Waals surface area contributed by atoms with Crippen molar-refractivity contribution in [3.63, 3.8) is 0 Å². The molecule has 1 atom stereocenters. The molecule has 0 nitrogen and oxygen atoms in total. The number of hydrogen-bond donors (Lipinski definition) is 0. The first-order valence-electron chi connectivity index (χ1n) is 3.08. The standard InChI is InChI=1S/C7H13Br/c1-3-5-6-7(8)4-2/h4,7H,2-3,5-6H2,1H3. The fourth-order valence-electron chi connectivity index (χ4n) is 0.517.